The Balaban J connectivity index is 1.49. The SMILES string of the molecule is O=c1ccccn1Cc1ccc(CNCC2CCCCC2)cc1. The van der Waals surface area contributed by atoms with Crippen LogP contribution >= 0.6 is 0 Å². The highest BCUT2D eigenvalue weighted by Gasteiger charge is 2.12. The van der Waals surface area contributed by atoms with Crippen LogP contribution in [0.4, 0.5) is 0 Å². The summed E-state index contributed by atoms with van der Waals surface area (Å²) < 4.78 is 1.73. The average molecular weight is 310 g/mol. The van der Waals surface area contributed by atoms with E-state index in [9.17, 15) is 4.79 Å². The van der Waals surface area contributed by atoms with Crippen molar-refractivity contribution in [3.05, 3.63) is 70.1 Å². The summed E-state index contributed by atoms with van der Waals surface area (Å²) in [5.74, 6) is 0.868. The second kappa shape index (κ2) is 8.11. The van der Waals surface area contributed by atoms with E-state index in [2.05, 4.69) is 29.6 Å². The third kappa shape index (κ3) is 4.80. The molecule has 1 aliphatic rings. The van der Waals surface area contributed by atoms with Crippen LogP contribution in [0.2, 0.25) is 0 Å². The Hall–Kier alpha value is -1.87. The van der Waals surface area contributed by atoms with Crippen molar-refractivity contribution in [3.8, 4) is 0 Å². The summed E-state index contributed by atoms with van der Waals surface area (Å²) in [5, 5.41) is 3.59. The topological polar surface area (TPSA) is 34.0 Å². The fraction of sp³-hybridized carbons (Fsp3) is 0.450. The van der Waals surface area contributed by atoms with Crippen molar-refractivity contribution in [2.24, 2.45) is 5.92 Å². The Morgan fingerprint density at radius 3 is 2.43 bits per heavy atom. The number of nitrogens with zero attached hydrogens (tertiary/aromatic N) is 1. The third-order valence-corrected chi connectivity index (χ3v) is 4.76. The monoisotopic (exact) mass is 310 g/mol. The van der Waals surface area contributed by atoms with Crippen molar-refractivity contribution in [3.63, 3.8) is 0 Å². The van der Waals surface area contributed by atoms with Gasteiger partial charge < -0.3 is 9.88 Å². The van der Waals surface area contributed by atoms with Crippen LogP contribution in [0.15, 0.2) is 53.5 Å². The highest BCUT2D eigenvalue weighted by atomic mass is 16.1. The minimum absolute atomic E-state index is 0.0470. The van der Waals surface area contributed by atoms with Crippen LogP contribution < -0.4 is 10.9 Å². The first-order chi connectivity index (χ1) is 11.3. The maximum atomic E-state index is 11.7. The highest BCUT2D eigenvalue weighted by Crippen LogP contribution is 2.22. The lowest BCUT2D eigenvalue weighted by molar-refractivity contribution is 0.342. The zero-order valence-corrected chi connectivity index (χ0v) is 13.7. The van der Waals surface area contributed by atoms with Gasteiger partial charge in [0.2, 0.25) is 0 Å². The Kier molecular flexibility index (Phi) is 5.65. The number of aromatic nitrogens is 1. The molecule has 1 aliphatic carbocycles. The first-order valence-electron chi connectivity index (χ1n) is 8.75. The molecule has 0 saturated heterocycles. The first-order valence-corrected chi connectivity index (χ1v) is 8.75. The molecule has 1 aromatic carbocycles. The molecule has 23 heavy (non-hydrogen) atoms. The normalized spacial score (nSPS) is 15.7. The molecule has 1 heterocycles. The number of rotatable bonds is 6. The molecule has 1 fully saturated rings. The number of pyridine rings is 1. The van der Waals surface area contributed by atoms with E-state index < -0.39 is 0 Å². The minimum Gasteiger partial charge on any atom is -0.312 e. The molecule has 1 N–H and O–H groups in total. The standard InChI is InChI=1S/C20H26N2O/c23-20-8-4-5-13-22(20)16-19-11-9-18(10-12-19)15-21-14-17-6-2-1-3-7-17/h4-5,8-13,17,21H,1-3,6-7,14-16H2. The zero-order chi connectivity index (χ0) is 15.9. The summed E-state index contributed by atoms with van der Waals surface area (Å²) in [7, 11) is 0. The van der Waals surface area contributed by atoms with Gasteiger partial charge in [-0.25, -0.2) is 0 Å². The van der Waals surface area contributed by atoms with E-state index in [4.69, 9.17) is 0 Å². The summed E-state index contributed by atoms with van der Waals surface area (Å²) in [6.45, 7) is 2.71. The molecule has 0 unspecified atom stereocenters. The van der Waals surface area contributed by atoms with Crippen molar-refractivity contribution >= 4 is 0 Å². The van der Waals surface area contributed by atoms with Crippen LogP contribution in [-0.2, 0) is 13.1 Å². The largest absolute Gasteiger partial charge is 0.312 e. The lowest BCUT2D eigenvalue weighted by atomic mass is 9.89. The molecule has 0 atom stereocenters. The number of hydrogen-bond acceptors (Lipinski definition) is 2. The molecular formula is C20H26N2O. The molecule has 3 rings (SSSR count). The van der Waals surface area contributed by atoms with E-state index >= 15 is 0 Å². The Bertz CT molecular complexity index is 654. The molecular weight excluding hydrogens is 284 g/mol. The second-order valence-corrected chi connectivity index (χ2v) is 6.62. The smallest absolute Gasteiger partial charge is 0.250 e. The van der Waals surface area contributed by atoms with Crippen LogP contribution in [-0.4, -0.2) is 11.1 Å². The molecule has 2 aromatic rings. The van der Waals surface area contributed by atoms with Gasteiger partial charge in [-0.15, -0.1) is 0 Å². The molecule has 3 nitrogen and oxygen atoms in total. The van der Waals surface area contributed by atoms with Crippen LogP contribution in [0.5, 0.6) is 0 Å². The zero-order valence-electron chi connectivity index (χ0n) is 13.7. The summed E-state index contributed by atoms with van der Waals surface area (Å²) in [5.41, 5.74) is 2.52. The minimum atomic E-state index is 0.0470. The van der Waals surface area contributed by atoms with Gasteiger partial charge in [0.1, 0.15) is 0 Å². The predicted molar refractivity (Wildman–Crippen MR) is 94.5 cm³/mol. The van der Waals surface area contributed by atoms with E-state index in [1.165, 1.54) is 37.7 Å². The molecule has 122 valence electrons. The fourth-order valence-corrected chi connectivity index (χ4v) is 3.36. The summed E-state index contributed by atoms with van der Waals surface area (Å²) in [6, 6.07) is 13.8. The average Bonchev–Trinajstić information content (AvgIpc) is 2.59. The summed E-state index contributed by atoms with van der Waals surface area (Å²) in [4.78, 5) is 11.7. The maximum absolute atomic E-state index is 11.7. The molecule has 1 aromatic heterocycles. The molecule has 0 aliphatic heterocycles. The number of benzene rings is 1. The molecule has 3 heteroatoms. The Labute approximate surface area is 138 Å². The maximum Gasteiger partial charge on any atom is 0.250 e. The Morgan fingerprint density at radius 2 is 1.70 bits per heavy atom. The van der Waals surface area contributed by atoms with Gasteiger partial charge in [-0.1, -0.05) is 49.6 Å². The van der Waals surface area contributed by atoms with Crippen molar-refractivity contribution in [2.45, 2.75) is 45.2 Å². The molecule has 0 spiro atoms. The molecule has 1 saturated carbocycles. The van der Waals surface area contributed by atoms with Crippen molar-refractivity contribution in [1.29, 1.82) is 0 Å². The Morgan fingerprint density at radius 1 is 0.957 bits per heavy atom. The van der Waals surface area contributed by atoms with Gasteiger partial charge in [0.25, 0.3) is 5.56 Å². The van der Waals surface area contributed by atoms with Crippen LogP contribution in [0.3, 0.4) is 0 Å². The predicted octanol–water partition coefficient (Wildman–Crippen LogP) is 3.57. The number of hydrogen-bond donors (Lipinski definition) is 1. The first kappa shape index (κ1) is 16.0. The van der Waals surface area contributed by atoms with Crippen molar-refractivity contribution < 1.29 is 0 Å². The van der Waals surface area contributed by atoms with Gasteiger partial charge in [0.05, 0.1) is 6.54 Å². The van der Waals surface area contributed by atoms with E-state index in [-0.39, 0.29) is 5.56 Å². The molecule has 0 radical (unpaired) electrons. The van der Waals surface area contributed by atoms with Crippen LogP contribution in [0.1, 0.15) is 43.2 Å². The van der Waals surface area contributed by atoms with Gasteiger partial charge >= 0.3 is 0 Å². The van der Waals surface area contributed by atoms with Crippen LogP contribution in [0.25, 0.3) is 0 Å². The van der Waals surface area contributed by atoms with Crippen molar-refractivity contribution in [2.75, 3.05) is 6.54 Å². The summed E-state index contributed by atoms with van der Waals surface area (Å²) in [6.07, 6.45) is 8.83. The van der Waals surface area contributed by atoms with Gasteiger partial charge in [-0.2, -0.15) is 0 Å². The van der Waals surface area contributed by atoms with E-state index in [0.29, 0.717) is 6.54 Å². The lowest BCUT2D eigenvalue weighted by Crippen LogP contribution is -2.24. The van der Waals surface area contributed by atoms with Gasteiger partial charge in [0.15, 0.2) is 0 Å². The van der Waals surface area contributed by atoms with Crippen LogP contribution in [0, 0.1) is 5.92 Å². The summed E-state index contributed by atoms with van der Waals surface area (Å²) >= 11 is 0. The molecule has 0 amide bonds. The van der Waals surface area contributed by atoms with E-state index in [1.54, 1.807) is 16.7 Å². The lowest BCUT2D eigenvalue weighted by Gasteiger charge is -2.21. The van der Waals surface area contributed by atoms with E-state index in [1.807, 2.05) is 12.3 Å². The van der Waals surface area contributed by atoms with Gasteiger partial charge in [-0.3, -0.25) is 4.79 Å². The van der Waals surface area contributed by atoms with E-state index in [0.717, 1.165) is 24.6 Å². The fourth-order valence-electron chi connectivity index (χ4n) is 3.36. The second-order valence-electron chi connectivity index (χ2n) is 6.62. The quantitative estimate of drug-likeness (QED) is 0.885. The van der Waals surface area contributed by atoms with Gasteiger partial charge in [-0.05, 0) is 42.5 Å². The van der Waals surface area contributed by atoms with Crippen molar-refractivity contribution in [1.82, 2.24) is 9.88 Å². The molecule has 0 bridgehead atoms. The number of nitrogens with one attached hydrogen (secondary N) is 1. The third-order valence-electron chi connectivity index (χ3n) is 4.76. The van der Waals surface area contributed by atoms with Gasteiger partial charge in [0, 0.05) is 18.8 Å². The highest BCUT2D eigenvalue weighted by molar-refractivity contribution is 5.22.